The summed E-state index contributed by atoms with van der Waals surface area (Å²) in [5.74, 6) is -0.194. The van der Waals surface area contributed by atoms with Crippen LogP contribution in [0.2, 0.25) is 10.0 Å². The molecule has 1 aromatic heterocycles. The van der Waals surface area contributed by atoms with E-state index in [9.17, 15) is 4.79 Å². The molecule has 0 spiro atoms. The maximum absolute atomic E-state index is 12.2. The van der Waals surface area contributed by atoms with E-state index in [-0.39, 0.29) is 11.2 Å². The quantitative estimate of drug-likeness (QED) is 0.839. The molecule has 0 aliphatic heterocycles. The lowest BCUT2D eigenvalue weighted by atomic mass is 10.3. The zero-order chi connectivity index (χ0) is 15.4. The molecule has 21 heavy (non-hydrogen) atoms. The van der Waals surface area contributed by atoms with Crippen LogP contribution in [0.25, 0.3) is 0 Å². The van der Waals surface area contributed by atoms with Gasteiger partial charge in [-0.1, -0.05) is 41.0 Å². The van der Waals surface area contributed by atoms with Crippen molar-refractivity contribution < 1.29 is 4.79 Å². The molecule has 0 aliphatic rings. The van der Waals surface area contributed by atoms with E-state index in [1.54, 1.807) is 31.5 Å². The molecule has 5 nitrogen and oxygen atoms in total. The third-order valence-electron chi connectivity index (χ3n) is 2.78. The van der Waals surface area contributed by atoms with E-state index in [2.05, 4.69) is 15.5 Å². The van der Waals surface area contributed by atoms with Gasteiger partial charge < -0.3 is 9.88 Å². The Morgan fingerprint density at radius 2 is 2.10 bits per heavy atom. The number of para-hydroxylation sites is 1. The van der Waals surface area contributed by atoms with Crippen LogP contribution in [0.1, 0.15) is 13.8 Å². The van der Waals surface area contributed by atoms with Gasteiger partial charge in [0.2, 0.25) is 5.91 Å². The molecule has 8 heteroatoms. The van der Waals surface area contributed by atoms with Gasteiger partial charge in [-0.05, 0) is 26.0 Å². The number of carbonyl (C=O) groups excluding carboxylic acids is 1. The van der Waals surface area contributed by atoms with Gasteiger partial charge in [0.25, 0.3) is 0 Å². The highest BCUT2D eigenvalue weighted by Gasteiger charge is 2.19. The highest BCUT2D eigenvalue weighted by Crippen LogP contribution is 2.31. The smallest absolute Gasteiger partial charge is 0.237 e. The molecule has 1 atom stereocenters. The fraction of sp³-hybridized carbons (Fsp3) is 0.308. The Balaban J connectivity index is 2.06. The summed E-state index contributed by atoms with van der Waals surface area (Å²) >= 11 is 13.4. The van der Waals surface area contributed by atoms with E-state index >= 15 is 0 Å². The van der Waals surface area contributed by atoms with Gasteiger partial charge in [-0.25, -0.2) is 0 Å². The van der Waals surface area contributed by atoms with Crippen molar-refractivity contribution in [2.45, 2.75) is 30.8 Å². The number of amides is 1. The minimum atomic E-state index is -0.355. The topological polar surface area (TPSA) is 59.8 Å². The van der Waals surface area contributed by atoms with Crippen LogP contribution >= 0.6 is 35.0 Å². The molecule has 2 rings (SSSR count). The van der Waals surface area contributed by atoms with Crippen molar-refractivity contribution in [1.82, 2.24) is 14.8 Å². The van der Waals surface area contributed by atoms with Crippen molar-refractivity contribution in [3.8, 4) is 0 Å². The van der Waals surface area contributed by atoms with Crippen LogP contribution in [-0.2, 0) is 11.3 Å². The molecule has 0 unspecified atom stereocenters. The molecule has 0 fully saturated rings. The zero-order valence-corrected chi connectivity index (χ0v) is 13.8. The van der Waals surface area contributed by atoms with Gasteiger partial charge in [-0.2, -0.15) is 0 Å². The van der Waals surface area contributed by atoms with Gasteiger partial charge in [0.05, 0.1) is 21.0 Å². The number of aromatic nitrogens is 3. The summed E-state index contributed by atoms with van der Waals surface area (Å²) in [5.41, 5.74) is 0.426. The fourth-order valence-electron chi connectivity index (χ4n) is 1.61. The second kappa shape index (κ2) is 7.15. The highest BCUT2D eigenvalue weighted by atomic mass is 35.5. The maximum Gasteiger partial charge on any atom is 0.237 e. The first-order valence-electron chi connectivity index (χ1n) is 6.32. The largest absolute Gasteiger partial charge is 0.323 e. The predicted octanol–water partition coefficient (Wildman–Crippen LogP) is 3.72. The van der Waals surface area contributed by atoms with Crippen molar-refractivity contribution >= 4 is 46.6 Å². The Labute approximate surface area is 137 Å². The van der Waals surface area contributed by atoms with Crippen molar-refractivity contribution in [2.24, 2.45) is 0 Å². The molecule has 0 aliphatic carbocycles. The molecule has 0 saturated heterocycles. The lowest BCUT2D eigenvalue weighted by Crippen LogP contribution is -2.23. The normalized spacial score (nSPS) is 12.2. The number of benzene rings is 1. The van der Waals surface area contributed by atoms with E-state index in [4.69, 9.17) is 23.2 Å². The minimum Gasteiger partial charge on any atom is -0.323 e. The molecule has 1 N–H and O–H groups in total. The lowest BCUT2D eigenvalue weighted by molar-refractivity contribution is -0.115. The average Bonchev–Trinajstić information content (AvgIpc) is 2.90. The van der Waals surface area contributed by atoms with Gasteiger partial charge in [0.15, 0.2) is 5.16 Å². The van der Waals surface area contributed by atoms with Crippen molar-refractivity contribution in [3.05, 3.63) is 34.6 Å². The second-order valence-electron chi connectivity index (χ2n) is 4.25. The van der Waals surface area contributed by atoms with Gasteiger partial charge in [0.1, 0.15) is 6.33 Å². The summed E-state index contributed by atoms with van der Waals surface area (Å²) in [4.78, 5) is 12.2. The van der Waals surface area contributed by atoms with Crippen LogP contribution in [0.5, 0.6) is 0 Å². The first-order valence-corrected chi connectivity index (χ1v) is 7.95. The van der Waals surface area contributed by atoms with Crippen LogP contribution in [0.15, 0.2) is 29.7 Å². The first-order chi connectivity index (χ1) is 10.0. The SMILES string of the molecule is CCn1cnnc1S[C@H](C)C(=O)Nc1c(Cl)cccc1Cl. The fourth-order valence-corrected chi connectivity index (χ4v) is 2.99. The molecule has 0 saturated carbocycles. The summed E-state index contributed by atoms with van der Waals surface area (Å²) < 4.78 is 1.87. The highest BCUT2D eigenvalue weighted by molar-refractivity contribution is 8.00. The van der Waals surface area contributed by atoms with Crippen LogP contribution < -0.4 is 5.32 Å². The zero-order valence-electron chi connectivity index (χ0n) is 11.5. The van der Waals surface area contributed by atoms with Crippen molar-refractivity contribution in [1.29, 1.82) is 0 Å². The summed E-state index contributed by atoms with van der Waals surface area (Å²) in [6, 6.07) is 5.07. The lowest BCUT2D eigenvalue weighted by Gasteiger charge is -2.13. The number of hydrogen-bond acceptors (Lipinski definition) is 4. The van der Waals surface area contributed by atoms with Gasteiger partial charge in [-0.15, -0.1) is 10.2 Å². The molecule has 2 aromatic rings. The van der Waals surface area contributed by atoms with Crippen molar-refractivity contribution in [2.75, 3.05) is 5.32 Å². The van der Waals surface area contributed by atoms with E-state index in [1.165, 1.54) is 11.8 Å². The summed E-state index contributed by atoms with van der Waals surface area (Å²) in [6.07, 6.45) is 1.64. The van der Waals surface area contributed by atoms with Gasteiger partial charge in [-0.3, -0.25) is 4.79 Å². The Hall–Kier alpha value is -1.24. The summed E-state index contributed by atoms with van der Waals surface area (Å²) in [5, 5.41) is 11.7. The summed E-state index contributed by atoms with van der Waals surface area (Å²) in [7, 11) is 0. The molecule has 1 heterocycles. The number of halogens is 2. The van der Waals surface area contributed by atoms with E-state index in [1.807, 2.05) is 11.5 Å². The third-order valence-corrected chi connectivity index (χ3v) is 4.51. The Morgan fingerprint density at radius 3 is 2.71 bits per heavy atom. The number of aryl methyl sites for hydroxylation is 1. The standard InChI is InChI=1S/C13H14Cl2N4OS/c1-3-19-7-16-18-13(19)21-8(2)12(20)17-11-9(14)5-4-6-10(11)15/h4-8H,3H2,1-2H3,(H,17,20)/t8-/m1/s1. The number of anilines is 1. The molecule has 0 radical (unpaired) electrons. The van der Waals surface area contributed by atoms with Gasteiger partial charge in [0, 0.05) is 6.54 Å². The maximum atomic E-state index is 12.2. The third kappa shape index (κ3) is 3.90. The van der Waals surface area contributed by atoms with Crippen LogP contribution in [-0.4, -0.2) is 25.9 Å². The van der Waals surface area contributed by atoms with E-state index in [0.29, 0.717) is 20.9 Å². The molecule has 0 bridgehead atoms. The number of hydrogen-bond donors (Lipinski definition) is 1. The van der Waals surface area contributed by atoms with E-state index < -0.39 is 0 Å². The molecule has 1 amide bonds. The Morgan fingerprint density at radius 1 is 1.43 bits per heavy atom. The Bertz CT molecular complexity index is 627. The van der Waals surface area contributed by atoms with Gasteiger partial charge >= 0.3 is 0 Å². The molecule has 112 valence electrons. The number of nitrogens with one attached hydrogen (secondary N) is 1. The number of carbonyl (C=O) groups is 1. The van der Waals surface area contributed by atoms with E-state index in [0.717, 1.165) is 6.54 Å². The molecule has 1 aromatic carbocycles. The van der Waals surface area contributed by atoms with Crippen molar-refractivity contribution in [3.63, 3.8) is 0 Å². The van der Waals surface area contributed by atoms with Crippen LogP contribution in [0.4, 0.5) is 5.69 Å². The minimum absolute atomic E-state index is 0.194. The molecular weight excluding hydrogens is 331 g/mol. The monoisotopic (exact) mass is 344 g/mol. The van der Waals surface area contributed by atoms with Crippen LogP contribution in [0, 0.1) is 0 Å². The number of rotatable bonds is 5. The average molecular weight is 345 g/mol. The first kappa shape index (κ1) is 16.1. The van der Waals surface area contributed by atoms with Crippen LogP contribution in [0.3, 0.4) is 0 Å². The molecular formula is C13H14Cl2N4OS. The Kier molecular flexibility index (Phi) is 5.50. The second-order valence-corrected chi connectivity index (χ2v) is 6.37. The predicted molar refractivity (Wildman–Crippen MR) is 86.1 cm³/mol. The number of nitrogens with zero attached hydrogens (tertiary/aromatic N) is 3. The summed E-state index contributed by atoms with van der Waals surface area (Å²) in [6.45, 7) is 4.53. The number of thioether (sulfide) groups is 1.